The molecule has 26 heavy (non-hydrogen) atoms. The van der Waals surface area contributed by atoms with Crippen LogP contribution in [0.1, 0.15) is 16.3 Å². The number of aromatic nitrogens is 4. The van der Waals surface area contributed by atoms with Crippen LogP contribution in [-0.2, 0) is 17.5 Å². The Hall–Kier alpha value is -2.59. The largest absolute Gasteiger partial charge is 0.451 e. The number of anilines is 1. The monoisotopic (exact) mass is 387 g/mol. The van der Waals surface area contributed by atoms with E-state index in [1.54, 1.807) is 33.9 Å². The number of methoxy groups -OCH3 is 1. The van der Waals surface area contributed by atoms with Gasteiger partial charge in [0.2, 0.25) is 11.8 Å². The normalized spacial score (nSPS) is 11.9. The van der Waals surface area contributed by atoms with Gasteiger partial charge in [-0.25, -0.2) is 0 Å². The molecule has 0 bridgehead atoms. The molecule has 0 unspecified atom stereocenters. The third-order valence-corrected chi connectivity index (χ3v) is 3.83. The molecule has 2 N–H and O–H groups in total. The van der Waals surface area contributed by atoms with Gasteiger partial charge in [0.25, 0.3) is 5.91 Å². The summed E-state index contributed by atoms with van der Waals surface area (Å²) in [7, 11) is 1.52. The number of H-pyrrole nitrogens is 1. The zero-order valence-electron chi connectivity index (χ0n) is 13.4. The van der Waals surface area contributed by atoms with Gasteiger partial charge in [-0.3, -0.25) is 15.2 Å². The highest BCUT2D eigenvalue weighted by atomic mass is 35.5. The molecule has 2 aromatic heterocycles. The number of hydrogen-bond donors (Lipinski definition) is 2. The highest BCUT2D eigenvalue weighted by Crippen LogP contribution is 2.27. The van der Waals surface area contributed by atoms with Crippen molar-refractivity contribution in [1.29, 1.82) is 0 Å². The van der Waals surface area contributed by atoms with Gasteiger partial charge in [-0.05, 0) is 24.3 Å². The van der Waals surface area contributed by atoms with Crippen molar-refractivity contribution < 1.29 is 22.7 Å². The average molecular weight is 388 g/mol. The van der Waals surface area contributed by atoms with E-state index in [1.807, 2.05) is 0 Å². The van der Waals surface area contributed by atoms with Gasteiger partial charge in [0.1, 0.15) is 5.69 Å². The predicted molar refractivity (Wildman–Crippen MR) is 88.2 cm³/mol. The first-order chi connectivity index (χ1) is 12.3. The number of rotatable bonds is 5. The van der Waals surface area contributed by atoms with Crippen LogP contribution in [-0.4, -0.2) is 39.4 Å². The fourth-order valence-electron chi connectivity index (χ4n) is 2.46. The van der Waals surface area contributed by atoms with Gasteiger partial charge in [-0.15, -0.1) is 5.10 Å². The van der Waals surface area contributed by atoms with Crippen molar-refractivity contribution in [3.05, 3.63) is 40.8 Å². The fraction of sp³-hybridized carbons (Fsp3) is 0.267. The predicted octanol–water partition coefficient (Wildman–Crippen LogP) is 3.33. The van der Waals surface area contributed by atoms with Crippen LogP contribution >= 0.6 is 11.6 Å². The number of carbonyl (C=O) groups is 1. The second-order valence-corrected chi connectivity index (χ2v) is 5.77. The van der Waals surface area contributed by atoms with Crippen molar-refractivity contribution in [3.63, 3.8) is 0 Å². The number of ether oxygens (including phenoxy) is 1. The summed E-state index contributed by atoms with van der Waals surface area (Å²) in [5.41, 5.74) is 0.959. The minimum atomic E-state index is -4.68. The van der Waals surface area contributed by atoms with Crippen molar-refractivity contribution in [1.82, 2.24) is 19.7 Å². The highest BCUT2D eigenvalue weighted by Gasteiger charge is 2.35. The quantitative estimate of drug-likeness (QED) is 0.703. The lowest BCUT2D eigenvalue weighted by Gasteiger charge is -2.09. The summed E-state index contributed by atoms with van der Waals surface area (Å²) in [6.07, 6.45) is -4.68. The van der Waals surface area contributed by atoms with Crippen molar-refractivity contribution in [3.8, 4) is 0 Å². The molecule has 0 aliphatic heterocycles. The Morgan fingerprint density at radius 1 is 1.38 bits per heavy atom. The van der Waals surface area contributed by atoms with Crippen LogP contribution in [0.25, 0.3) is 10.9 Å². The molecule has 11 heteroatoms. The Labute approximate surface area is 150 Å². The molecule has 0 aliphatic carbocycles. The molecule has 0 saturated carbocycles. The van der Waals surface area contributed by atoms with Crippen molar-refractivity contribution in [2.75, 3.05) is 19.0 Å². The summed E-state index contributed by atoms with van der Waals surface area (Å²) in [6, 6.07) is 6.70. The SMILES string of the molecule is COCCn1c(C(=O)Nc2n[nH]c(C(F)(F)F)n2)cc2cc(Cl)ccc21. The Morgan fingerprint density at radius 2 is 2.15 bits per heavy atom. The molecule has 0 atom stereocenters. The van der Waals surface area contributed by atoms with Crippen molar-refractivity contribution >= 4 is 34.4 Å². The molecule has 0 radical (unpaired) electrons. The number of alkyl halides is 3. The molecule has 3 aromatic rings. The lowest BCUT2D eigenvalue weighted by Crippen LogP contribution is -2.19. The molecule has 0 saturated heterocycles. The van der Waals surface area contributed by atoms with Crippen LogP contribution in [0.5, 0.6) is 0 Å². The summed E-state index contributed by atoms with van der Waals surface area (Å²) in [5.74, 6) is -2.41. The molecule has 138 valence electrons. The standard InChI is InChI=1S/C15H13ClF3N5O2/c1-26-5-4-24-10-3-2-9(16)6-8(10)7-11(24)12(25)20-14-21-13(22-23-14)15(17,18)19/h2-3,6-7H,4-5H2,1H3,(H2,20,21,22,23,25). The first kappa shape index (κ1) is 18.2. The van der Waals surface area contributed by atoms with E-state index in [4.69, 9.17) is 16.3 Å². The van der Waals surface area contributed by atoms with E-state index in [9.17, 15) is 18.0 Å². The van der Waals surface area contributed by atoms with Gasteiger partial charge in [0, 0.05) is 29.6 Å². The molecule has 1 amide bonds. The maximum Gasteiger partial charge on any atom is 0.451 e. The summed E-state index contributed by atoms with van der Waals surface area (Å²) in [4.78, 5) is 15.8. The van der Waals surface area contributed by atoms with E-state index in [0.717, 1.165) is 5.52 Å². The summed E-state index contributed by atoms with van der Waals surface area (Å²) in [5, 5.41) is 8.57. The zero-order valence-corrected chi connectivity index (χ0v) is 14.1. The number of fused-ring (bicyclic) bond motifs is 1. The molecule has 0 aliphatic rings. The van der Waals surface area contributed by atoms with E-state index >= 15 is 0 Å². The first-order valence-electron chi connectivity index (χ1n) is 7.38. The topological polar surface area (TPSA) is 84.8 Å². The Morgan fingerprint density at radius 3 is 2.81 bits per heavy atom. The van der Waals surface area contributed by atoms with Crippen LogP contribution in [0, 0.1) is 0 Å². The van der Waals surface area contributed by atoms with Gasteiger partial charge in [-0.1, -0.05) is 11.6 Å². The van der Waals surface area contributed by atoms with Crippen LogP contribution in [0.15, 0.2) is 24.3 Å². The molecular formula is C15H13ClF3N5O2. The van der Waals surface area contributed by atoms with Crippen molar-refractivity contribution in [2.24, 2.45) is 0 Å². The van der Waals surface area contributed by atoms with Gasteiger partial charge in [-0.2, -0.15) is 18.2 Å². The fourth-order valence-corrected chi connectivity index (χ4v) is 2.64. The number of nitrogens with zero attached hydrogens (tertiary/aromatic N) is 3. The zero-order chi connectivity index (χ0) is 18.9. The van der Waals surface area contributed by atoms with E-state index in [0.29, 0.717) is 23.6 Å². The minimum Gasteiger partial charge on any atom is -0.383 e. The van der Waals surface area contributed by atoms with E-state index in [1.165, 1.54) is 7.11 Å². The highest BCUT2D eigenvalue weighted by molar-refractivity contribution is 6.31. The number of halogens is 4. The minimum absolute atomic E-state index is 0.220. The van der Waals surface area contributed by atoms with Crippen LogP contribution in [0.2, 0.25) is 5.02 Å². The molecule has 1 aromatic carbocycles. The smallest absolute Gasteiger partial charge is 0.383 e. The second-order valence-electron chi connectivity index (χ2n) is 5.34. The average Bonchev–Trinajstić information content (AvgIpc) is 3.16. The van der Waals surface area contributed by atoms with Gasteiger partial charge in [0.15, 0.2) is 0 Å². The number of hydrogen-bond acceptors (Lipinski definition) is 4. The number of nitrogens with one attached hydrogen (secondary N) is 2. The lowest BCUT2D eigenvalue weighted by atomic mass is 10.2. The first-order valence-corrected chi connectivity index (χ1v) is 7.76. The summed E-state index contributed by atoms with van der Waals surface area (Å²) in [6.45, 7) is 0.706. The van der Waals surface area contributed by atoms with Gasteiger partial charge < -0.3 is 9.30 Å². The van der Waals surface area contributed by atoms with Crippen molar-refractivity contribution in [2.45, 2.75) is 12.7 Å². The molecule has 7 nitrogen and oxygen atoms in total. The molecule has 2 heterocycles. The summed E-state index contributed by atoms with van der Waals surface area (Å²) < 4.78 is 44.4. The van der Waals surface area contributed by atoms with E-state index in [2.05, 4.69) is 15.4 Å². The number of amides is 1. The van der Waals surface area contributed by atoms with E-state index < -0.39 is 23.9 Å². The molecular weight excluding hydrogens is 375 g/mol. The maximum atomic E-state index is 12.6. The second kappa shape index (κ2) is 6.96. The third-order valence-electron chi connectivity index (χ3n) is 3.59. The van der Waals surface area contributed by atoms with E-state index in [-0.39, 0.29) is 5.69 Å². The van der Waals surface area contributed by atoms with Gasteiger partial charge >= 0.3 is 6.18 Å². The Bertz CT molecular complexity index is 951. The number of benzene rings is 1. The molecule has 0 fully saturated rings. The van der Waals surface area contributed by atoms with Crippen LogP contribution in [0.4, 0.5) is 19.1 Å². The molecule has 0 spiro atoms. The lowest BCUT2D eigenvalue weighted by molar-refractivity contribution is -0.144. The van der Waals surface area contributed by atoms with Gasteiger partial charge in [0.05, 0.1) is 6.61 Å². The summed E-state index contributed by atoms with van der Waals surface area (Å²) >= 11 is 5.97. The van der Waals surface area contributed by atoms with Crippen LogP contribution in [0.3, 0.4) is 0 Å². The number of carbonyl (C=O) groups excluding carboxylic acids is 1. The van der Waals surface area contributed by atoms with Crippen LogP contribution < -0.4 is 5.32 Å². The Kier molecular flexibility index (Phi) is 4.88. The maximum absolute atomic E-state index is 12.6. The third kappa shape index (κ3) is 3.65. The molecule has 3 rings (SSSR count). The Balaban J connectivity index is 1.93. The number of aromatic amines is 1.